The van der Waals surface area contributed by atoms with Gasteiger partial charge in [0.05, 0.1) is 26.2 Å². The molecule has 0 aliphatic heterocycles. The van der Waals surface area contributed by atoms with Crippen LogP contribution in [0.2, 0.25) is 0 Å². The van der Waals surface area contributed by atoms with Crippen molar-refractivity contribution < 1.29 is 24.1 Å². The van der Waals surface area contributed by atoms with Crippen LogP contribution >= 0.6 is 0 Å². The summed E-state index contributed by atoms with van der Waals surface area (Å²) < 4.78 is 16.3. The summed E-state index contributed by atoms with van der Waals surface area (Å²) in [5.41, 5.74) is 0.760. The Labute approximate surface area is 125 Å². The molecule has 0 spiro atoms. The molecule has 0 saturated carbocycles. The Hall–Kier alpha value is -1.59. The van der Waals surface area contributed by atoms with E-state index in [1.165, 1.54) is 0 Å². The maximum absolute atomic E-state index is 10.6. The van der Waals surface area contributed by atoms with Gasteiger partial charge in [0.15, 0.2) is 0 Å². The molecule has 1 N–H and O–H groups in total. The topological polar surface area (TPSA) is 65.0 Å². The first-order chi connectivity index (χ1) is 10.2. The van der Waals surface area contributed by atoms with E-state index in [1.807, 2.05) is 0 Å². The maximum atomic E-state index is 10.6. The van der Waals surface area contributed by atoms with Gasteiger partial charge in [0, 0.05) is 6.61 Å². The lowest BCUT2D eigenvalue weighted by Crippen LogP contribution is -2.11. The number of rotatable bonds is 12. The van der Waals surface area contributed by atoms with Crippen LogP contribution in [0.4, 0.5) is 0 Å². The maximum Gasteiger partial charge on any atom is 0.307 e. The average Bonchev–Trinajstić information content (AvgIpc) is 2.47. The third-order valence-corrected chi connectivity index (χ3v) is 2.79. The smallest absolute Gasteiger partial charge is 0.307 e. The Kier molecular flexibility index (Phi) is 9.24. The fourth-order valence-corrected chi connectivity index (χ4v) is 1.66. The average molecular weight is 296 g/mol. The van der Waals surface area contributed by atoms with Crippen LogP contribution in [0.25, 0.3) is 0 Å². The molecule has 118 valence electrons. The highest BCUT2D eigenvalue weighted by Crippen LogP contribution is 2.12. The quantitative estimate of drug-likeness (QED) is 0.600. The predicted molar refractivity (Wildman–Crippen MR) is 79.8 cm³/mol. The summed E-state index contributed by atoms with van der Waals surface area (Å²) in [5, 5.41) is 8.67. The van der Waals surface area contributed by atoms with Crippen molar-refractivity contribution in [1.82, 2.24) is 0 Å². The molecule has 21 heavy (non-hydrogen) atoms. The van der Waals surface area contributed by atoms with Crippen LogP contribution in [0.3, 0.4) is 0 Å². The summed E-state index contributed by atoms with van der Waals surface area (Å²) >= 11 is 0. The van der Waals surface area contributed by atoms with Crippen LogP contribution in [0.1, 0.15) is 25.3 Å². The van der Waals surface area contributed by atoms with Gasteiger partial charge in [-0.2, -0.15) is 0 Å². The summed E-state index contributed by atoms with van der Waals surface area (Å²) in [6.45, 7) is 5.08. The molecule has 1 aromatic rings. The second kappa shape index (κ2) is 11.1. The van der Waals surface area contributed by atoms with Gasteiger partial charge in [-0.25, -0.2) is 0 Å². The number of benzene rings is 1. The molecule has 0 heterocycles. The van der Waals surface area contributed by atoms with Crippen molar-refractivity contribution in [3.63, 3.8) is 0 Å². The molecule has 1 aromatic carbocycles. The van der Waals surface area contributed by atoms with E-state index < -0.39 is 5.97 Å². The van der Waals surface area contributed by atoms with Gasteiger partial charge in [-0.3, -0.25) is 4.79 Å². The molecule has 0 bridgehead atoms. The lowest BCUT2D eigenvalue weighted by atomic mass is 10.1. The zero-order valence-corrected chi connectivity index (χ0v) is 12.5. The van der Waals surface area contributed by atoms with Crippen molar-refractivity contribution in [3.05, 3.63) is 29.8 Å². The summed E-state index contributed by atoms with van der Waals surface area (Å²) in [5.74, 6) is -0.120. The van der Waals surface area contributed by atoms with Gasteiger partial charge >= 0.3 is 5.97 Å². The van der Waals surface area contributed by atoms with E-state index in [-0.39, 0.29) is 6.42 Å². The molecule has 5 heteroatoms. The van der Waals surface area contributed by atoms with E-state index in [9.17, 15) is 4.79 Å². The molecule has 5 nitrogen and oxygen atoms in total. The molecule has 0 amide bonds. The largest absolute Gasteiger partial charge is 0.491 e. The zero-order valence-electron chi connectivity index (χ0n) is 12.5. The van der Waals surface area contributed by atoms with Crippen LogP contribution in [0.15, 0.2) is 24.3 Å². The van der Waals surface area contributed by atoms with Crippen LogP contribution < -0.4 is 4.74 Å². The summed E-state index contributed by atoms with van der Waals surface area (Å²) in [6, 6.07) is 7.05. The SMILES string of the molecule is CCCCOCCOCCOc1ccc(CC(=O)O)cc1. The number of hydrogen-bond acceptors (Lipinski definition) is 4. The Morgan fingerprint density at radius 3 is 2.24 bits per heavy atom. The Balaban J connectivity index is 2.03. The number of carbonyl (C=O) groups is 1. The highest BCUT2D eigenvalue weighted by Gasteiger charge is 2.00. The first-order valence-corrected chi connectivity index (χ1v) is 7.31. The fourth-order valence-electron chi connectivity index (χ4n) is 1.66. The lowest BCUT2D eigenvalue weighted by Gasteiger charge is -2.08. The number of aliphatic carboxylic acids is 1. The predicted octanol–water partition coefficient (Wildman–Crippen LogP) is 2.53. The standard InChI is InChI=1S/C16H24O5/c1-2-3-8-19-9-10-20-11-12-21-15-6-4-14(5-7-15)13-16(17)18/h4-7H,2-3,8-13H2,1H3,(H,17,18). The van der Waals surface area contributed by atoms with Gasteiger partial charge in [-0.05, 0) is 24.1 Å². The highest BCUT2D eigenvalue weighted by atomic mass is 16.5. The van der Waals surface area contributed by atoms with Gasteiger partial charge in [-0.1, -0.05) is 25.5 Å². The second-order valence-corrected chi connectivity index (χ2v) is 4.64. The van der Waals surface area contributed by atoms with Crippen molar-refractivity contribution in [2.75, 3.05) is 33.0 Å². The van der Waals surface area contributed by atoms with Crippen LogP contribution in [-0.2, 0) is 20.7 Å². The number of carboxylic acids is 1. The normalized spacial score (nSPS) is 10.5. The monoisotopic (exact) mass is 296 g/mol. The number of hydrogen-bond donors (Lipinski definition) is 1. The molecule has 0 aliphatic rings. The number of ether oxygens (including phenoxy) is 3. The Bertz CT molecular complexity index is 388. The molecule has 0 atom stereocenters. The van der Waals surface area contributed by atoms with E-state index in [2.05, 4.69) is 6.92 Å². The molecule has 0 unspecified atom stereocenters. The summed E-state index contributed by atoms with van der Waals surface area (Å²) in [6.07, 6.45) is 2.25. The van der Waals surface area contributed by atoms with E-state index in [1.54, 1.807) is 24.3 Å². The van der Waals surface area contributed by atoms with Gasteiger partial charge in [0.2, 0.25) is 0 Å². The van der Waals surface area contributed by atoms with Crippen molar-refractivity contribution >= 4 is 5.97 Å². The van der Waals surface area contributed by atoms with Crippen molar-refractivity contribution in [3.8, 4) is 5.75 Å². The molecule has 0 aliphatic carbocycles. The minimum atomic E-state index is -0.835. The first kappa shape index (κ1) is 17.5. The van der Waals surface area contributed by atoms with Crippen molar-refractivity contribution in [1.29, 1.82) is 0 Å². The molecule has 0 saturated heterocycles. The van der Waals surface area contributed by atoms with Crippen molar-refractivity contribution in [2.45, 2.75) is 26.2 Å². The fraction of sp³-hybridized carbons (Fsp3) is 0.562. The van der Waals surface area contributed by atoms with Crippen LogP contribution in [0.5, 0.6) is 5.75 Å². The minimum absolute atomic E-state index is 0.0292. The first-order valence-electron chi connectivity index (χ1n) is 7.31. The summed E-state index contributed by atoms with van der Waals surface area (Å²) in [4.78, 5) is 10.6. The third-order valence-electron chi connectivity index (χ3n) is 2.79. The van der Waals surface area contributed by atoms with Gasteiger partial charge in [0.25, 0.3) is 0 Å². The van der Waals surface area contributed by atoms with Gasteiger partial charge in [-0.15, -0.1) is 0 Å². The second-order valence-electron chi connectivity index (χ2n) is 4.64. The molecular weight excluding hydrogens is 272 g/mol. The highest BCUT2D eigenvalue weighted by molar-refractivity contribution is 5.70. The third kappa shape index (κ3) is 9.05. The lowest BCUT2D eigenvalue weighted by molar-refractivity contribution is -0.136. The van der Waals surface area contributed by atoms with Gasteiger partial charge in [0.1, 0.15) is 12.4 Å². The molecular formula is C16H24O5. The number of unbranched alkanes of at least 4 members (excludes halogenated alkanes) is 1. The number of carboxylic acid groups (broad SMARTS) is 1. The van der Waals surface area contributed by atoms with Crippen LogP contribution in [0, 0.1) is 0 Å². The zero-order chi connectivity index (χ0) is 15.3. The van der Waals surface area contributed by atoms with Crippen molar-refractivity contribution in [2.24, 2.45) is 0 Å². The minimum Gasteiger partial charge on any atom is -0.491 e. The van der Waals surface area contributed by atoms with E-state index in [0.29, 0.717) is 32.2 Å². The Morgan fingerprint density at radius 2 is 1.62 bits per heavy atom. The van der Waals surface area contributed by atoms with Gasteiger partial charge < -0.3 is 19.3 Å². The Morgan fingerprint density at radius 1 is 1.00 bits per heavy atom. The van der Waals surface area contributed by atoms with E-state index in [0.717, 1.165) is 25.0 Å². The molecule has 0 fully saturated rings. The molecule has 0 aromatic heterocycles. The van der Waals surface area contributed by atoms with Crippen LogP contribution in [-0.4, -0.2) is 44.1 Å². The molecule has 0 radical (unpaired) electrons. The van der Waals surface area contributed by atoms with E-state index >= 15 is 0 Å². The summed E-state index contributed by atoms with van der Waals surface area (Å²) in [7, 11) is 0. The van der Waals surface area contributed by atoms with E-state index in [4.69, 9.17) is 19.3 Å². The molecule has 1 rings (SSSR count).